The van der Waals surface area contributed by atoms with Gasteiger partial charge in [0.1, 0.15) is 0 Å². The number of aromatic nitrogens is 2. The molecular weight excluding hydrogens is 357 g/mol. The van der Waals surface area contributed by atoms with E-state index in [1.807, 2.05) is 13.1 Å². The number of nitrogens with zero attached hydrogens (tertiary/aromatic N) is 3. The van der Waals surface area contributed by atoms with E-state index in [4.69, 9.17) is 4.74 Å². The first kappa shape index (κ1) is 16.2. The van der Waals surface area contributed by atoms with Gasteiger partial charge < -0.3 is 15.0 Å². The largest absolute Gasteiger partial charge is 0.384 e. The van der Waals surface area contributed by atoms with Gasteiger partial charge in [-0.05, 0) is 12.5 Å². The van der Waals surface area contributed by atoms with Crippen LogP contribution in [0.5, 0.6) is 0 Å². The minimum atomic E-state index is 0. The van der Waals surface area contributed by atoms with Gasteiger partial charge in [-0.1, -0.05) is 0 Å². The lowest BCUT2D eigenvalue weighted by atomic mass is 10.1. The zero-order valence-electron chi connectivity index (χ0n) is 11.4. The van der Waals surface area contributed by atoms with E-state index in [1.165, 1.54) is 6.42 Å². The van der Waals surface area contributed by atoms with Gasteiger partial charge in [0.15, 0.2) is 5.96 Å². The van der Waals surface area contributed by atoms with E-state index in [1.54, 1.807) is 13.3 Å². The Morgan fingerprint density at radius 1 is 1.68 bits per heavy atom. The average molecular weight is 379 g/mol. The van der Waals surface area contributed by atoms with Gasteiger partial charge in [-0.15, -0.1) is 24.0 Å². The summed E-state index contributed by atoms with van der Waals surface area (Å²) in [5.41, 5.74) is 1.06. The lowest BCUT2D eigenvalue weighted by Crippen LogP contribution is -2.39. The molecule has 1 atom stereocenters. The lowest BCUT2D eigenvalue weighted by molar-refractivity contribution is 0.157. The summed E-state index contributed by atoms with van der Waals surface area (Å²) in [4.78, 5) is 6.60. The van der Waals surface area contributed by atoms with E-state index in [0.29, 0.717) is 5.92 Å². The molecule has 0 aliphatic carbocycles. The number of aromatic amines is 1. The number of halogens is 1. The molecule has 19 heavy (non-hydrogen) atoms. The highest BCUT2D eigenvalue weighted by Crippen LogP contribution is 2.16. The van der Waals surface area contributed by atoms with Gasteiger partial charge in [0.2, 0.25) is 0 Å². The van der Waals surface area contributed by atoms with Crippen LogP contribution in [0.2, 0.25) is 0 Å². The SMILES string of the molecule is CN=C(NCc1ccn[nH]1)N1CCC(COC)C1.I. The predicted octanol–water partition coefficient (Wildman–Crippen LogP) is 1.07. The highest BCUT2D eigenvalue weighted by molar-refractivity contribution is 14.0. The van der Waals surface area contributed by atoms with Crippen LogP contribution in [0.3, 0.4) is 0 Å². The first-order chi connectivity index (χ1) is 8.83. The van der Waals surface area contributed by atoms with Crippen molar-refractivity contribution in [2.24, 2.45) is 10.9 Å². The third-order valence-electron chi connectivity index (χ3n) is 3.19. The van der Waals surface area contributed by atoms with Crippen LogP contribution in [-0.4, -0.2) is 54.9 Å². The van der Waals surface area contributed by atoms with E-state index in [0.717, 1.165) is 37.9 Å². The molecule has 6 nitrogen and oxygen atoms in total. The van der Waals surface area contributed by atoms with Crippen molar-refractivity contribution < 1.29 is 4.74 Å². The topological polar surface area (TPSA) is 65.5 Å². The van der Waals surface area contributed by atoms with Crippen LogP contribution in [-0.2, 0) is 11.3 Å². The summed E-state index contributed by atoms with van der Waals surface area (Å²) in [5.74, 6) is 1.56. The highest BCUT2D eigenvalue weighted by Gasteiger charge is 2.24. The van der Waals surface area contributed by atoms with Crippen LogP contribution >= 0.6 is 24.0 Å². The van der Waals surface area contributed by atoms with Gasteiger partial charge in [-0.2, -0.15) is 5.10 Å². The molecule has 1 aliphatic rings. The van der Waals surface area contributed by atoms with E-state index in [-0.39, 0.29) is 24.0 Å². The molecular formula is C12H22IN5O. The standard InChI is InChI=1S/C12H21N5O.HI/c1-13-12(14-7-11-3-5-15-16-11)17-6-4-10(8-17)9-18-2;/h3,5,10H,4,6-9H2,1-2H3,(H,13,14)(H,15,16);1H. The molecule has 0 bridgehead atoms. The number of methoxy groups -OCH3 is 1. The molecule has 0 radical (unpaired) electrons. The summed E-state index contributed by atoms with van der Waals surface area (Å²) in [5, 5.41) is 10.2. The second-order valence-electron chi connectivity index (χ2n) is 4.54. The quantitative estimate of drug-likeness (QED) is 0.467. The van der Waals surface area contributed by atoms with Gasteiger partial charge in [0.25, 0.3) is 0 Å². The summed E-state index contributed by atoms with van der Waals surface area (Å²) < 4.78 is 5.21. The van der Waals surface area contributed by atoms with Gasteiger partial charge >= 0.3 is 0 Å². The van der Waals surface area contributed by atoms with Crippen molar-refractivity contribution >= 4 is 29.9 Å². The van der Waals surface area contributed by atoms with E-state index >= 15 is 0 Å². The molecule has 2 N–H and O–H groups in total. The number of rotatable bonds is 4. The Balaban J connectivity index is 0.00000180. The van der Waals surface area contributed by atoms with Crippen LogP contribution in [0.15, 0.2) is 17.3 Å². The van der Waals surface area contributed by atoms with Crippen molar-refractivity contribution in [2.75, 3.05) is 33.9 Å². The van der Waals surface area contributed by atoms with E-state index in [2.05, 4.69) is 25.4 Å². The third-order valence-corrected chi connectivity index (χ3v) is 3.19. The number of nitrogens with one attached hydrogen (secondary N) is 2. The first-order valence-corrected chi connectivity index (χ1v) is 6.26. The highest BCUT2D eigenvalue weighted by atomic mass is 127. The molecule has 108 valence electrons. The molecule has 1 aliphatic heterocycles. The molecule has 2 rings (SSSR count). The predicted molar refractivity (Wildman–Crippen MR) is 85.8 cm³/mol. The van der Waals surface area contributed by atoms with Crippen LogP contribution in [0.25, 0.3) is 0 Å². The maximum atomic E-state index is 5.21. The maximum Gasteiger partial charge on any atom is 0.193 e. The lowest BCUT2D eigenvalue weighted by Gasteiger charge is -2.21. The zero-order chi connectivity index (χ0) is 12.8. The molecule has 7 heteroatoms. The summed E-state index contributed by atoms with van der Waals surface area (Å²) in [6, 6.07) is 1.96. The Morgan fingerprint density at radius 3 is 3.16 bits per heavy atom. The smallest absolute Gasteiger partial charge is 0.193 e. The van der Waals surface area contributed by atoms with Crippen LogP contribution in [0.4, 0.5) is 0 Å². The fourth-order valence-corrected chi connectivity index (χ4v) is 2.29. The summed E-state index contributed by atoms with van der Waals surface area (Å²) in [6.07, 6.45) is 2.92. The fraction of sp³-hybridized carbons (Fsp3) is 0.667. The molecule has 0 aromatic carbocycles. The molecule has 1 unspecified atom stereocenters. The summed E-state index contributed by atoms with van der Waals surface area (Å²) in [6.45, 7) is 3.60. The molecule has 0 saturated carbocycles. The molecule has 1 fully saturated rings. The minimum Gasteiger partial charge on any atom is -0.384 e. The normalized spacial score (nSPS) is 19.4. The van der Waals surface area contributed by atoms with Crippen molar-refractivity contribution in [2.45, 2.75) is 13.0 Å². The molecule has 1 saturated heterocycles. The first-order valence-electron chi connectivity index (χ1n) is 6.26. The van der Waals surface area contributed by atoms with Crippen LogP contribution in [0, 0.1) is 5.92 Å². The number of guanidine groups is 1. The molecule has 0 spiro atoms. The Labute approximate surface area is 131 Å². The number of hydrogen-bond donors (Lipinski definition) is 2. The summed E-state index contributed by atoms with van der Waals surface area (Å²) in [7, 11) is 3.58. The van der Waals surface area contributed by atoms with Crippen molar-refractivity contribution in [3.05, 3.63) is 18.0 Å². The van der Waals surface area contributed by atoms with Crippen molar-refractivity contribution in [3.8, 4) is 0 Å². The minimum absolute atomic E-state index is 0. The number of hydrogen-bond acceptors (Lipinski definition) is 3. The molecule has 1 aromatic heterocycles. The number of aliphatic imine (C=N–C) groups is 1. The van der Waals surface area contributed by atoms with Crippen LogP contribution < -0.4 is 5.32 Å². The average Bonchev–Trinajstić information content (AvgIpc) is 3.02. The Bertz CT molecular complexity index is 381. The van der Waals surface area contributed by atoms with Crippen molar-refractivity contribution in [1.82, 2.24) is 20.4 Å². The molecule has 1 aromatic rings. The van der Waals surface area contributed by atoms with Crippen LogP contribution in [0.1, 0.15) is 12.1 Å². The number of H-pyrrole nitrogens is 1. The van der Waals surface area contributed by atoms with Gasteiger partial charge in [-0.25, -0.2) is 0 Å². The zero-order valence-corrected chi connectivity index (χ0v) is 13.8. The maximum absolute atomic E-state index is 5.21. The van der Waals surface area contributed by atoms with E-state index in [9.17, 15) is 0 Å². The van der Waals surface area contributed by atoms with Gasteiger partial charge in [0, 0.05) is 39.4 Å². The van der Waals surface area contributed by atoms with Gasteiger partial charge in [0.05, 0.1) is 18.8 Å². The van der Waals surface area contributed by atoms with Crippen molar-refractivity contribution in [1.29, 1.82) is 0 Å². The third kappa shape index (κ3) is 4.64. The fourth-order valence-electron chi connectivity index (χ4n) is 2.29. The monoisotopic (exact) mass is 379 g/mol. The molecule has 0 amide bonds. The van der Waals surface area contributed by atoms with E-state index < -0.39 is 0 Å². The van der Waals surface area contributed by atoms with Gasteiger partial charge in [-0.3, -0.25) is 10.1 Å². The second kappa shape index (κ2) is 8.36. The number of likely N-dealkylation sites (tertiary alicyclic amines) is 1. The Morgan fingerprint density at radius 2 is 2.53 bits per heavy atom. The van der Waals surface area contributed by atoms with Crippen molar-refractivity contribution in [3.63, 3.8) is 0 Å². The summed E-state index contributed by atoms with van der Waals surface area (Å²) >= 11 is 0. The molecule has 2 heterocycles. The Kier molecular flexibility index (Phi) is 7.14. The number of ether oxygens (including phenoxy) is 1. The second-order valence-corrected chi connectivity index (χ2v) is 4.54. The Hall–Kier alpha value is -0.830.